The van der Waals surface area contributed by atoms with Crippen molar-refractivity contribution in [3.63, 3.8) is 0 Å². The van der Waals surface area contributed by atoms with E-state index in [-0.39, 0.29) is 5.56 Å². The van der Waals surface area contributed by atoms with Gasteiger partial charge in [-0.05, 0) is 31.0 Å². The average molecular weight is 286 g/mol. The fourth-order valence-electron chi connectivity index (χ4n) is 2.71. The monoisotopic (exact) mass is 286 g/mol. The van der Waals surface area contributed by atoms with E-state index in [1.165, 1.54) is 13.0 Å². The third-order valence-electron chi connectivity index (χ3n) is 3.78. The summed E-state index contributed by atoms with van der Waals surface area (Å²) in [5, 5.41) is 3.41. The highest BCUT2D eigenvalue weighted by atomic mass is 19.4. The molecule has 0 aliphatic carbocycles. The number of alkyl halides is 3. The number of nitrogens with zero attached hydrogens (tertiary/aromatic N) is 1. The minimum absolute atomic E-state index is 0.279. The van der Waals surface area contributed by atoms with Gasteiger partial charge in [-0.2, -0.15) is 13.2 Å². The summed E-state index contributed by atoms with van der Waals surface area (Å²) in [6.07, 6.45) is -2.15. The van der Waals surface area contributed by atoms with E-state index in [1.54, 1.807) is 12.1 Å². The lowest BCUT2D eigenvalue weighted by Gasteiger charge is -2.35. The van der Waals surface area contributed by atoms with Crippen LogP contribution in [0.1, 0.15) is 30.9 Å². The maximum atomic E-state index is 13.0. The molecule has 1 unspecified atom stereocenters. The van der Waals surface area contributed by atoms with E-state index >= 15 is 0 Å². The first-order valence-corrected chi connectivity index (χ1v) is 7.08. The molecule has 1 heterocycles. The second-order valence-corrected chi connectivity index (χ2v) is 5.38. The van der Waals surface area contributed by atoms with Gasteiger partial charge in [0.05, 0.1) is 5.56 Å². The molecule has 112 valence electrons. The lowest BCUT2D eigenvalue weighted by molar-refractivity contribution is -0.138. The Morgan fingerprint density at radius 3 is 2.75 bits per heavy atom. The summed E-state index contributed by atoms with van der Waals surface area (Å²) in [6, 6.07) is 5.00. The van der Waals surface area contributed by atoms with Gasteiger partial charge in [0.2, 0.25) is 0 Å². The molecular weight excluding hydrogens is 265 g/mol. The van der Waals surface area contributed by atoms with Crippen LogP contribution < -0.4 is 10.2 Å². The number of anilines is 1. The first-order valence-electron chi connectivity index (χ1n) is 7.08. The van der Waals surface area contributed by atoms with Crippen LogP contribution in [0.15, 0.2) is 18.2 Å². The van der Waals surface area contributed by atoms with E-state index < -0.39 is 11.7 Å². The largest absolute Gasteiger partial charge is 0.416 e. The van der Waals surface area contributed by atoms with Gasteiger partial charge in [-0.25, -0.2) is 0 Å². The van der Waals surface area contributed by atoms with Gasteiger partial charge in [0.1, 0.15) is 0 Å². The molecule has 2 nitrogen and oxygen atoms in total. The van der Waals surface area contributed by atoms with Gasteiger partial charge in [-0.15, -0.1) is 0 Å². The predicted octanol–water partition coefficient (Wildman–Crippen LogP) is 3.59. The molecule has 1 N–H and O–H groups in total. The van der Waals surface area contributed by atoms with E-state index in [9.17, 15) is 13.2 Å². The van der Waals surface area contributed by atoms with Gasteiger partial charge in [0.15, 0.2) is 0 Å². The molecule has 0 amide bonds. The second-order valence-electron chi connectivity index (χ2n) is 5.38. The third-order valence-corrected chi connectivity index (χ3v) is 3.78. The van der Waals surface area contributed by atoms with Crippen molar-refractivity contribution in [3.05, 3.63) is 29.3 Å². The van der Waals surface area contributed by atoms with Gasteiger partial charge in [0, 0.05) is 31.4 Å². The van der Waals surface area contributed by atoms with E-state index in [4.69, 9.17) is 0 Å². The summed E-state index contributed by atoms with van der Waals surface area (Å²) in [5.41, 5.74) is 0.424. The van der Waals surface area contributed by atoms with Crippen molar-refractivity contribution in [2.24, 2.45) is 0 Å². The molecule has 1 fully saturated rings. The van der Waals surface area contributed by atoms with Crippen LogP contribution >= 0.6 is 0 Å². The second kappa shape index (κ2) is 6.04. The Hall–Kier alpha value is -1.23. The van der Waals surface area contributed by atoms with Crippen molar-refractivity contribution in [2.45, 2.75) is 38.9 Å². The highest BCUT2D eigenvalue weighted by Crippen LogP contribution is 2.34. The molecule has 2 rings (SSSR count). The maximum absolute atomic E-state index is 13.0. The highest BCUT2D eigenvalue weighted by molar-refractivity contribution is 5.52. The highest BCUT2D eigenvalue weighted by Gasteiger charge is 2.33. The van der Waals surface area contributed by atoms with Crippen LogP contribution in [0.3, 0.4) is 0 Å². The van der Waals surface area contributed by atoms with E-state index in [0.29, 0.717) is 11.7 Å². The first kappa shape index (κ1) is 15.2. The number of rotatable bonds is 3. The van der Waals surface area contributed by atoms with Crippen LogP contribution in [-0.4, -0.2) is 25.7 Å². The summed E-state index contributed by atoms with van der Waals surface area (Å²) in [4.78, 5) is 2.05. The number of nitrogens with one attached hydrogen (secondary N) is 1. The Balaban J connectivity index is 2.20. The molecular formula is C15H21F3N2. The molecule has 1 aliphatic rings. The van der Waals surface area contributed by atoms with E-state index in [2.05, 4.69) is 12.2 Å². The molecule has 0 bridgehead atoms. The van der Waals surface area contributed by atoms with Gasteiger partial charge < -0.3 is 10.2 Å². The normalized spacial score (nSPS) is 20.2. The number of benzene rings is 1. The summed E-state index contributed by atoms with van der Waals surface area (Å²) in [5.74, 6) is 0. The topological polar surface area (TPSA) is 15.3 Å². The Labute approximate surface area is 118 Å². The molecule has 1 aromatic carbocycles. The smallest absolute Gasteiger partial charge is 0.369 e. The third kappa shape index (κ3) is 3.45. The predicted molar refractivity (Wildman–Crippen MR) is 75.1 cm³/mol. The van der Waals surface area contributed by atoms with Crippen molar-refractivity contribution in [3.8, 4) is 0 Å². The van der Waals surface area contributed by atoms with Crippen LogP contribution in [0.4, 0.5) is 18.9 Å². The van der Waals surface area contributed by atoms with Crippen LogP contribution in [0.2, 0.25) is 0 Å². The van der Waals surface area contributed by atoms with Crippen LogP contribution in [0.25, 0.3) is 0 Å². The fraction of sp³-hybridized carbons (Fsp3) is 0.600. The molecule has 0 saturated carbocycles. The molecule has 1 atom stereocenters. The average Bonchev–Trinajstić information content (AvgIpc) is 2.38. The van der Waals surface area contributed by atoms with Crippen molar-refractivity contribution in [1.82, 2.24) is 5.32 Å². The summed E-state index contributed by atoms with van der Waals surface area (Å²) >= 11 is 0. The summed E-state index contributed by atoms with van der Waals surface area (Å²) in [7, 11) is 0. The molecule has 20 heavy (non-hydrogen) atoms. The summed E-state index contributed by atoms with van der Waals surface area (Å²) < 4.78 is 38.9. The van der Waals surface area contributed by atoms with E-state index in [0.717, 1.165) is 32.5 Å². The molecule has 1 aromatic rings. The van der Waals surface area contributed by atoms with Crippen molar-refractivity contribution >= 4 is 5.69 Å². The number of halogens is 3. The number of hydrogen-bond donors (Lipinski definition) is 1. The zero-order valence-corrected chi connectivity index (χ0v) is 11.9. The lowest BCUT2D eigenvalue weighted by atomic mass is 10.0. The maximum Gasteiger partial charge on any atom is 0.416 e. The standard InChI is InChI=1S/C15H21F3N2/c1-3-4-12-10-20(8-7-19-12)13-6-5-11(2)14(9-13)15(16,17)18/h5-6,9,12,19H,3-4,7-8,10H2,1-2H3. The Morgan fingerprint density at radius 2 is 2.10 bits per heavy atom. The van der Waals surface area contributed by atoms with Crippen LogP contribution in [0, 0.1) is 6.92 Å². The van der Waals surface area contributed by atoms with Gasteiger partial charge in [-0.3, -0.25) is 0 Å². The number of aryl methyl sites for hydroxylation is 1. The molecule has 0 spiro atoms. The Morgan fingerprint density at radius 1 is 1.35 bits per heavy atom. The quantitative estimate of drug-likeness (QED) is 0.913. The summed E-state index contributed by atoms with van der Waals surface area (Å²) in [6.45, 7) is 5.97. The molecule has 1 aliphatic heterocycles. The molecule has 0 radical (unpaired) electrons. The SMILES string of the molecule is CCCC1CN(c2ccc(C)c(C(F)(F)F)c2)CCN1. The van der Waals surface area contributed by atoms with Gasteiger partial charge >= 0.3 is 6.18 Å². The van der Waals surface area contributed by atoms with Crippen LogP contribution in [-0.2, 0) is 6.18 Å². The van der Waals surface area contributed by atoms with Crippen molar-refractivity contribution in [2.75, 3.05) is 24.5 Å². The Bertz CT molecular complexity index is 455. The molecule has 5 heteroatoms. The minimum atomic E-state index is -4.28. The fourth-order valence-corrected chi connectivity index (χ4v) is 2.71. The number of hydrogen-bond acceptors (Lipinski definition) is 2. The molecule has 1 saturated heterocycles. The minimum Gasteiger partial charge on any atom is -0.369 e. The number of piperazine rings is 1. The zero-order valence-electron chi connectivity index (χ0n) is 11.9. The zero-order chi connectivity index (χ0) is 14.8. The van der Waals surface area contributed by atoms with Crippen LogP contribution in [0.5, 0.6) is 0 Å². The van der Waals surface area contributed by atoms with Gasteiger partial charge in [-0.1, -0.05) is 19.4 Å². The lowest BCUT2D eigenvalue weighted by Crippen LogP contribution is -2.50. The first-order chi connectivity index (χ1) is 9.41. The van der Waals surface area contributed by atoms with Crippen molar-refractivity contribution in [1.29, 1.82) is 0 Å². The van der Waals surface area contributed by atoms with Gasteiger partial charge in [0.25, 0.3) is 0 Å². The Kier molecular flexibility index (Phi) is 4.58. The molecule has 0 aromatic heterocycles. The van der Waals surface area contributed by atoms with E-state index in [1.807, 2.05) is 4.90 Å². The van der Waals surface area contributed by atoms with Crippen molar-refractivity contribution < 1.29 is 13.2 Å².